The maximum Gasteiger partial charge on any atom is 0.263 e. The van der Waals surface area contributed by atoms with Crippen molar-refractivity contribution in [2.45, 2.75) is 44.2 Å². The van der Waals surface area contributed by atoms with Crippen LogP contribution in [0.1, 0.15) is 35.2 Å². The molecule has 220 valence electrons. The molecule has 0 amide bonds. The van der Waals surface area contributed by atoms with Crippen LogP contribution in [0.15, 0.2) is 47.4 Å². The van der Waals surface area contributed by atoms with E-state index in [1.807, 2.05) is 25.2 Å². The van der Waals surface area contributed by atoms with E-state index >= 15 is 0 Å². The number of nitrogens with one attached hydrogen (secondary N) is 1. The van der Waals surface area contributed by atoms with Gasteiger partial charge in [-0.15, -0.1) is 0 Å². The summed E-state index contributed by atoms with van der Waals surface area (Å²) < 4.78 is 41.8. The second-order valence-corrected chi connectivity index (χ2v) is 13.5. The Bertz CT molecular complexity index is 1510. The number of hydrogen-bond donors (Lipinski definition) is 1. The van der Waals surface area contributed by atoms with Gasteiger partial charge in [-0.1, -0.05) is 35.3 Å². The van der Waals surface area contributed by atoms with Gasteiger partial charge in [0.1, 0.15) is 12.4 Å². The van der Waals surface area contributed by atoms with Crippen LogP contribution >= 0.6 is 23.2 Å². The molecule has 1 fully saturated rings. The smallest absolute Gasteiger partial charge is 0.263 e. The molecule has 3 heterocycles. The Labute approximate surface area is 252 Å². The van der Waals surface area contributed by atoms with Crippen LogP contribution < -0.4 is 14.2 Å². The summed E-state index contributed by atoms with van der Waals surface area (Å²) in [5.41, 5.74) is 3.18. The van der Waals surface area contributed by atoms with E-state index in [0.717, 1.165) is 49.3 Å². The highest BCUT2D eigenvalue weighted by molar-refractivity contribution is 7.92. The highest BCUT2D eigenvalue weighted by Crippen LogP contribution is 2.33. The third kappa shape index (κ3) is 7.27. The highest BCUT2D eigenvalue weighted by Gasteiger charge is 2.24. The Balaban J connectivity index is 1.36. The summed E-state index contributed by atoms with van der Waals surface area (Å²) in [5.74, 6) is 1.63. The number of aromatic nitrogens is 1. The number of fused-ring (bicyclic) bond motifs is 1. The molecule has 0 bridgehead atoms. The van der Waals surface area contributed by atoms with Crippen LogP contribution in [0.25, 0.3) is 0 Å². The first kappa shape index (κ1) is 29.9. The van der Waals surface area contributed by atoms with Gasteiger partial charge >= 0.3 is 0 Å². The fraction of sp³-hybridized carbons (Fsp3) is 0.433. The first-order chi connectivity index (χ1) is 19.6. The van der Waals surface area contributed by atoms with Gasteiger partial charge in [0, 0.05) is 30.2 Å². The average molecular weight is 620 g/mol. The highest BCUT2D eigenvalue weighted by atomic mass is 35.5. The Morgan fingerprint density at radius 1 is 0.976 bits per heavy atom. The molecule has 2 aliphatic heterocycles. The number of benzene rings is 2. The van der Waals surface area contributed by atoms with Crippen LogP contribution in [0, 0.1) is 12.8 Å². The Kier molecular flexibility index (Phi) is 9.30. The van der Waals surface area contributed by atoms with Crippen LogP contribution in [0.3, 0.4) is 0 Å². The fourth-order valence-corrected chi connectivity index (χ4v) is 6.87. The molecule has 5 rings (SSSR count). The van der Waals surface area contributed by atoms with Crippen molar-refractivity contribution in [2.24, 2.45) is 5.92 Å². The number of likely N-dealkylation sites (tertiary alicyclic amines) is 1. The maximum absolute atomic E-state index is 13.4. The molecule has 1 aromatic heterocycles. The summed E-state index contributed by atoms with van der Waals surface area (Å²) in [6.07, 6.45) is 2.92. The summed E-state index contributed by atoms with van der Waals surface area (Å²) in [4.78, 5) is 9.34. The number of halogens is 2. The van der Waals surface area contributed by atoms with E-state index in [9.17, 15) is 8.42 Å². The van der Waals surface area contributed by atoms with Gasteiger partial charge < -0.3 is 19.3 Å². The van der Waals surface area contributed by atoms with Crippen molar-refractivity contribution in [3.63, 3.8) is 0 Å². The van der Waals surface area contributed by atoms with Crippen molar-refractivity contribution >= 4 is 39.0 Å². The molecule has 1 N–H and O–H groups in total. The summed E-state index contributed by atoms with van der Waals surface area (Å²) >= 11 is 12.7. The number of sulfonamides is 1. The van der Waals surface area contributed by atoms with E-state index < -0.39 is 10.0 Å². The lowest BCUT2D eigenvalue weighted by Crippen LogP contribution is -2.32. The molecule has 0 saturated carbocycles. The van der Waals surface area contributed by atoms with Crippen molar-refractivity contribution in [1.82, 2.24) is 14.8 Å². The normalized spacial score (nSPS) is 16.8. The summed E-state index contributed by atoms with van der Waals surface area (Å²) in [6.45, 7) is 6.17. The molecule has 3 aromatic rings. The van der Waals surface area contributed by atoms with E-state index in [0.29, 0.717) is 52.6 Å². The summed E-state index contributed by atoms with van der Waals surface area (Å²) in [7, 11) is 0.215. The van der Waals surface area contributed by atoms with Crippen molar-refractivity contribution in [3.8, 4) is 11.5 Å². The van der Waals surface area contributed by atoms with Gasteiger partial charge in [-0.25, -0.2) is 13.4 Å². The van der Waals surface area contributed by atoms with Crippen molar-refractivity contribution < 1.29 is 17.9 Å². The van der Waals surface area contributed by atoms with Gasteiger partial charge in [0.05, 0.1) is 16.5 Å². The van der Waals surface area contributed by atoms with Gasteiger partial charge in [-0.2, -0.15) is 0 Å². The molecule has 1 saturated heterocycles. The quantitative estimate of drug-likeness (QED) is 0.325. The predicted octanol–water partition coefficient (Wildman–Crippen LogP) is 5.79. The van der Waals surface area contributed by atoms with Gasteiger partial charge in [0.15, 0.2) is 11.6 Å². The average Bonchev–Trinajstić information content (AvgIpc) is 2.94. The van der Waals surface area contributed by atoms with Crippen LogP contribution in [0.2, 0.25) is 10.0 Å². The Hall–Kier alpha value is -2.56. The Morgan fingerprint density at radius 2 is 1.76 bits per heavy atom. The number of rotatable bonds is 9. The SMILES string of the molecule is Cc1c(Cl)cccc1S(=O)(=O)Nc1nc2c(cc1OCc1ccc(Cl)c(OCC3CCN(C)CC3)c1)CN(C)CC2. The number of likely N-dealkylation sites (N-methyl/N-ethyl adjacent to an activating group) is 1. The lowest BCUT2D eigenvalue weighted by atomic mass is 9.98. The summed E-state index contributed by atoms with van der Waals surface area (Å²) in [6, 6.07) is 12.3. The van der Waals surface area contributed by atoms with Gasteiger partial charge in [0.25, 0.3) is 10.0 Å². The molecule has 2 aromatic carbocycles. The summed E-state index contributed by atoms with van der Waals surface area (Å²) in [5, 5.41) is 0.924. The topological polar surface area (TPSA) is 84.0 Å². The van der Waals surface area contributed by atoms with Crippen molar-refractivity contribution in [2.75, 3.05) is 45.1 Å². The molecule has 0 aliphatic carbocycles. The largest absolute Gasteiger partial charge is 0.492 e. The zero-order valence-corrected chi connectivity index (χ0v) is 25.9. The van der Waals surface area contributed by atoms with Crippen LogP contribution in [0.4, 0.5) is 5.82 Å². The number of piperidine rings is 1. The molecule has 0 unspecified atom stereocenters. The minimum absolute atomic E-state index is 0.0966. The number of anilines is 1. The number of hydrogen-bond acceptors (Lipinski definition) is 7. The van der Waals surface area contributed by atoms with Crippen LogP contribution in [-0.4, -0.2) is 63.5 Å². The molecule has 41 heavy (non-hydrogen) atoms. The zero-order chi connectivity index (χ0) is 29.1. The lowest BCUT2D eigenvalue weighted by molar-refractivity contribution is 0.160. The molecule has 8 nitrogen and oxygen atoms in total. The zero-order valence-electron chi connectivity index (χ0n) is 23.6. The number of nitrogens with zero attached hydrogens (tertiary/aromatic N) is 3. The van der Waals surface area contributed by atoms with E-state index in [-0.39, 0.29) is 17.3 Å². The maximum atomic E-state index is 13.4. The van der Waals surface area contributed by atoms with Gasteiger partial charge in [0.2, 0.25) is 0 Å². The third-order valence-corrected chi connectivity index (χ3v) is 9.97. The van der Waals surface area contributed by atoms with E-state index in [4.69, 9.17) is 37.7 Å². The Morgan fingerprint density at radius 3 is 2.54 bits per heavy atom. The molecular weight excluding hydrogens is 583 g/mol. The second-order valence-electron chi connectivity index (χ2n) is 11.0. The van der Waals surface area contributed by atoms with Crippen molar-refractivity contribution in [1.29, 1.82) is 0 Å². The van der Waals surface area contributed by atoms with E-state index in [1.54, 1.807) is 25.1 Å². The third-order valence-electron chi connectivity index (χ3n) is 7.77. The number of pyridine rings is 1. The molecular formula is C30H36Cl2N4O4S. The molecule has 0 spiro atoms. The number of ether oxygens (including phenoxy) is 2. The monoisotopic (exact) mass is 618 g/mol. The lowest BCUT2D eigenvalue weighted by Gasteiger charge is -2.28. The predicted molar refractivity (Wildman–Crippen MR) is 163 cm³/mol. The molecule has 2 aliphatic rings. The molecule has 0 atom stereocenters. The van der Waals surface area contributed by atoms with E-state index in [1.165, 1.54) is 6.07 Å². The standard InChI is InChI=1S/C30H36Cl2N4O4S/c1-20-24(31)5-4-6-29(20)41(37,38)34-30-28(16-23-17-36(3)14-11-26(23)33-30)40-19-22-7-8-25(32)27(15-22)39-18-21-9-12-35(2)13-10-21/h4-8,15-16,21H,9-14,17-19H2,1-3H3,(H,33,34). The van der Waals surface area contributed by atoms with Gasteiger partial charge in [-0.05, 0) is 99.9 Å². The first-order valence-electron chi connectivity index (χ1n) is 13.8. The first-order valence-corrected chi connectivity index (χ1v) is 16.0. The van der Waals surface area contributed by atoms with E-state index in [2.05, 4.69) is 21.6 Å². The fourth-order valence-electron chi connectivity index (χ4n) is 5.18. The van der Waals surface area contributed by atoms with Crippen LogP contribution in [0.5, 0.6) is 11.5 Å². The van der Waals surface area contributed by atoms with Gasteiger partial charge in [-0.3, -0.25) is 4.72 Å². The molecule has 11 heteroatoms. The minimum atomic E-state index is -3.97. The van der Waals surface area contributed by atoms with Crippen molar-refractivity contribution in [3.05, 3.63) is 74.9 Å². The molecule has 0 radical (unpaired) electrons. The second kappa shape index (κ2) is 12.8. The van der Waals surface area contributed by atoms with Crippen LogP contribution in [-0.2, 0) is 29.6 Å². The minimum Gasteiger partial charge on any atom is -0.492 e.